The van der Waals surface area contributed by atoms with Crippen LogP contribution in [0.1, 0.15) is 23.5 Å². The number of hydrogen-bond donors (Lipinski definition) is 0. The molecule has 0 spiro atoms. The van der Waals surface area contributed by atoms with Gasteiger partial charge in [0.05, 0.1) is 20.0 Å². The Balaban J connectivity index is 1.54. The predicted molar refractivity (Wildman–Crippen MR) is 90.5 cm³/mol. The highest BCUT2D eigenvalue weighted by Crippen LogP contribution is 2.24. The number of hydrogen-bond acceptors (Lipinski definition) is 3. The maximum absolute atomic E-state index is 5.93. The van der Waals surface area contributed by atoms with Crippen molar-refractivity contribution in [1.82, 2.24) is 0 Å². The minimum Gasteiger partial charge on any atom is -0.497 e. The molecule has 2 atom stereocenters. The highest BCUT2D eigenvalue weighted by Gasteiger charge is 2.17. The van der Waals surface area contributed by atoms with Crippen molar-refractivity contribution in [3.63, 3.8) is 0 Å². The summed E-state index contributed by atoms with van der Waals surface area (Å²) in [5.74, 6) is 1.08. The zero-order chi connectivity index (χ0) is 15.9. The number of benzene rings is 2. The van der Waals surface area contributed by atoms with Gasteiger partial charge in [0.25, 0.3) is 0 Å². The van der Waals surface area contributed by atoms with E-state index >= 15 is 0 Å². The van der Waals surface area contributed by atoms with Crippen molar-refractivity contribution in [2.24, 2.45) is 0 Å². The minimum atomic E-state index is -0.185. The van der Waals surface area contributed by atoms with Crippen LogP contribution in [0.2, 0.25) is 0 Å². The topological polar surface area (TPSA) is 27.7 Å². The summed E-state index contributed by atoms with van der Waals surface area (Å²) in [6.07, 6.45) is 5.45. The van der Waals surface area contributed by atoms with Gasteiger partial charge in [-0.3, -0.25) is 0 Å². The molecular weight excluding hydrogens is 288 g/mol. The van der Waals surface area contributed by atoms with Gasteiger partial charge in [-0.25, -0.2) is 0 Å². The van der Waals surface area contributed by atoms with Gasteiger partial charge in [0.2, 0.25) is 0 Å². The van der Waals surface area contributed by atoms with Crippen LogP contribution in [0.15, 0.2) is 66.9 Å². The van der Waals surface area contributed by atoms with Crippen LogP contribution >= 0.6 is 0 Å². The van der Waals surface area contributed by atoms with E-state index in [4.69, 9.17) is 14.2 Å². The standard InChI is InChI=1S/C20H22O3/c1-21-19-10-8-17(9-11-19)18-13-14-22-20(23-15-18)12-7-16-5-3-2-4-6-16/h2-6,8-11,13-14,18,20H,7,12,15H2,1H3/t18-,20-/m1/s1. The largest absolute Gasteiger partial charge is 0.497 e. The third-order valence-corrected chi connectivity index (χ3v) is 4.06. The van der Waals surface area contributed by atoms with E-state index in [1.807, 2.05) is 18.2 Å². The first-order valence-electron chi connectivity index (χ1n) is 7.97. The Kier molecular flexibility index (Phi) is 5.33. The lowest BCUT2D eigenvalue weighted by Crippen LogP contribution is -2.17. The third kappa shape index (κ3) is 4.36. The fraction of sp³-hybridized carbons (Fsp3) is 0.300. The maximum Gasteiger partial charge on any atom is 0.199 e. The van der Waals surface area contributed by atoms with E-state index in [2.05, 4.69) is 42.5 Å². The van der Waals surface area contributed by atoms with Gasteiger partial charge in [0.1, 0.15) is 5.75 Å². The van der Waals surface area contributed by atoms with E-state index in [1.165, 1.54) is 11.1 Å². The van der Waals surface area contributed by atoms with Crippen LogP contribution in [0.25, 0.3) is 0 Å². The molecule has 120 valence electrons. The van der Waals surface area contributed by atoms with Crippen LogP contribution in [0.5, 0.6) is 5.75 Å². The first-order valence-corrected chi connectivity index (χ1v) is 7.97. The van der Waals surface area contributed by atoms with E-state index in [0.717, 1.165) is 18.6 Å². The molecule has 0 aromatic heterocycles. The zero-order valence-corrected chi connectivity index (χ0v) is 13.4. The summed E-state index contributed by atoms with van der Waals surface area (Å²) in [4.78, 5) is 0. The van der Waals surface area contributed by atoms with E-state index in [-0.39, 0.29) is 12.2 Å². The van der Waals surface area contributed by atoms with Crippen LogP contribution in [-0.2, 0) is 15.9 Å². The molecule has 2 aromatic rings. The Morgan fingerprint density at radius 1 is 1.04 bits per heavy atom. The molecule has 1 aliphatic heterocycles. The predicted octanol–water partition coefficient (Wildman–Crippen LogP) is 4.30. The molecule has 23 heavy (non-hydrogen) atoms. The first kappa shape index (κ1) is 15.6. The normalized spacial score (nSPS) is 20.6. The van der Waals surface area contributed by atoms with Crippen LogP contribution in [-0.4, -0.2) is 20.0 Å². The van der Waals surface area contributed by atoms with Crippen molar-refractivity contribution in [2.45, 2.75) is 25.0 Å². The number of rotatable bonds is 5. The molecule has 0 saturated carbocycles. The Bertz CT molecular complexity index is 619. The minimum absolute atomic E-state index is 0.185. The Labute approximate surface area is 137 Å². The molecule has 3 nitrogen and oxygen atoms in total. The second kappa shape index (κ2) is 7.84. The van der Waals surface area contributed by atoms with Crippen molar-refractivity contribution in [1.29, 1.82) is 0 Å². The summed E-state index contributed by atoms with van der Waals surface area (Å²) < 4.78 is 16.8. The molecule has 2 aromatic carbocycles. The molecule has 0 saturated heterocycles. The quantitative estimate of drug-likeness (QED) is 0.824. The molecule has 0 amide bonds. The van der Waals surface area contributed by atoms with Gasteiger partial charge < -0.3 is 14.2 Å². The highest BCUT2D eigenvalue weighted by molar-refractivity contribution is 5.31. The fourth-order valence-electron chi connectivity index (χ4n) is 2.67. The van der Waals surface area contributed by atoms with E-state index in [9.17, 15) is 0 Å². The molecule has 0 unspecified atom stereocenters. The monoisotopic (exact) mass is 310 g/mol. The van der Waals surface area contributed by atoms with Crippen molar-refractivity contribution >= 4 is 0 Å². The summed E-state index contributed by atoms with van der Waals surface area (Å²) in [5, 5.41) is 0. The smallest absolute Gasteiger partial charge is 0.199 e. The van der Waals surface area contributed by atoms with Gasteiger partial charge in [-0.1, -0.05) is 42.5 Å². The molecule has 0 N–H and O–H groups in total. The van der Waals surface area contributed by atoms with Gasteiger partial charge in [-0.2, -0.15) is 0 Å². The molecule has 0 radical (unpaired) electrons. The van der Waals surface area contributed by atoms with Gasteiger partial charge in [0.15, 0.2) is 6.29 Å². The molecule has 3 rings (SSSR count). The maximum atomic E-state index is 5.93. The highest BCUT2D eigenvalue weighted by atomic mass is 16.7. The van der Waals surface area contributed by atoms with Crippen molar-refractivity contribution < 1.29 is 14.2 Å². The molecule has 1 heterocycles. The lowest BCUT2D eigenvalue weighted by atomic mass is 10.00. The van der Waals surface area contributed by atoms with E-state index in [0.29, 0.717) is 6.61 Å². The van der Waals surface area contributed by atoms with Crippen LogP contribution < -0.4 is 4.74 Å². The average molecular weight is 310 g/mol. The third-order valence-electron chi connectivity index (χ3n) is 4.06. The Morgan fingerprint density at radius 3 is 2.57 bits per heavy atom. The van der Waals surface area contributed by atoms with Gasteiger partial charge in [-0.15, -0.1) is 0 Å². The lowest BCUT2D eigenvalue weighted by Gasteiger charge is -2.17. The van der Waals surface area contributed by atoms with Gasteiger partial charge in [-0.05, 0) is 35.8 Å². The fourth-order valence-corrected chi connectivity index (χ4v) is 2.67. The SMILES string of the molecule is COc1ccc([C@@H]2C=CO[C@@H](CCc3ccccc3)OC2)cc1. The summed E-state index contributed by atoms with van der Waals surface area (Å²) in [5.41, 5.74) is 2.51. The number of ether oxygens (including phenoxy) is 3. The van der Waals surface area contributed by atoms with Gasteiger partial charge in [0, 0.05) is 12.3 Å². The van der Waals surface area contributed by atoms with E-state index < -0.39 is 0 Å². The number of aryl methyl sites for hydroxylation is 1. The van der Waals surface area contributed by atoms with Gasteiger partial charge >= 0.3 is 0 Å². The Morgan fingerprint density at radius 2 is 1.83 bits per heavy atom. The lowest BCUT2D eigenvalue weighted by molar-refractivity contribution is -0.104. The second-order valence-electron chi connectivity index (χ2n) is 5.63. The summed E-state index contributed by atoms with van der Waals surface area (Å²) >= 11 is 0. The van der Waals surface area contributed by atoms with Crippen molar-refractivity contribution in [3.8, 4) is 5.75 Å². The van der Waals surface area contributed by atoms with Crippen LogP contribution in [0.3, 0.4) is 0 Å². The molecule has 0 fully saturated rings. The summed E-state index contributed by atoms with van der Waals surface area (Å²) in [6, 6.07) is 18.5. The molecule has 0 bridgehead atoms. The molecule has 0 aliphatic carbocycles. The second-order valence-corrected chi connectivity index (χ2v) is 5.63. The van der Waals surface area contributed by atoms with Crippen molar-refractivity contribution in [3.05, 3.63) is 78.1 Å². The van der Waals surface area contributed by atoms with Crippen molar-refractivity contribution in [2.75, 3.05) is 13.7 Å². The molecule has 1 aliphatic rings. The number of methoxy groups -OCH3 is 1. The van der Waals surface area contributed by atoms with Crippen LogP contribution in [0, 0.1) is 0 Å². The first-order chi connectivity index (χ1) is 11.3. The zero-order valence-electron chi connectivity index (χ0n) is 13.4. The van der Waals surface area contributed by atoms with E-state index in [1.54, 1.807) is 13.4 Å². The summed E-state index contributed by atoms with van der Waals surface area (Å²) in [6.45, 7) is 0.627. The molecule has 3 heteroatoms. The molecular formula is C20H22O3. The Hall–Kier alpha value is -2.26. The van der Waals surface area contributed by atoms with Crippen LogP contribution in [0.4, 0.5) is 0 Å². The average Bonchev–Trinajstić information content (AvgIpc) is 2.87. The summed E-state index contributed by atoms with van der Waals surface area (Å²) in [7, 11) is 1.68.